The van der Waals surface area contributed by atoms with Crippen LogP contribution in [0.2, 0.25) is 10.0 Å². The molecule has 0 bridgehead atoms. The molecule has 0 atom stereocenters. The number of likely N-dealkylation sites (tertiary alicyclic amines) is 1. The molecule has 1 aliphatic heterocycles. The van der Waals surface area contributed by atoms with Gasteiger partial charge in [0, 0.05) is 42.6 Å². The molecule has 30 heavy (non-hydrogen) atoms. The highest BCUT2D eigenvalue weighted by atomic mass is 35.5. The maximum absolute atomic E-state index is 12.5. The third-order valence-corrected chi connectivity index (χ3v) is 5.85. The molecule has 7 heteroatoms. The second-order valence-corrected chi connectivity index (χ2v) is 8.39. The van der Waals surface area contributed by atoms with Gasteiger partial charge in [0.25, 0.3) is 5.91 Å². The zero-order valence-corrected chi connectivity index (χ0v) is 18.3. The van der Waals surface area contributed by atoms with Crippen LogP contribution in [-0.2, 0) is 4.79 Å². The highest BCUT2D eigenvalue weighted by molar-refractivity contribution is 6.36. The monoisotopic (exact) mass is 446 g/mol. The number of hydrogen-bond donors (Lipinski definition) is 1. The topological polar surface area (TPSA) is 66.5 Å². The lowest BCUT2D eigenvalue weighted by Gasteiger charge is -2.32. The van der Waals surface area contributed by atoms with Crippen molar-refractivity contribution in [2.24, 2.45) is 0 Å². The minimum atomic E-state index is -0.245. The average molecular weight is 447 g/mol. The first-order chi connectivity index (χ1) is 14.3. The van der Waals surface area contributed by atoms with E-state index in [9.17, 15) is 14.4 Å². The second kappa shape index (κ2) is 10.1. The van der Waals surface area contributed by atoms with Crippen molar-refractivity contribution >= 4 is 40.8 Å². The molecular formula is C23H24Cl2N2O3. The molecule has 0 unspecified atom stereocenters. The standard InChI is InChI=1S/C23H24Cl2N2O3/c1-15-2-4-16(5-3-15)21(28)8-9-22(29)27-12-10-18(11-13-27)26-23(30)19-7-6-17(24)14-20(19)25/h2-7,14,18H,8-13H2,1H3,(H,26,30). The van der Waals surface area contributed by atoms with Gasteiger partial charge in [-0.15, -0.1) is 0 Å². The Bertz CT molecular complexity index is 936. The summed E-state index contributed by atoms with van der Waals surface area (Å²) in [5, 5.41) is 3.76. The Kier molecular flexibility index (Phi) is 7.51. The number of hydrogen-bond acceptors (Lipinski definition) is 3. The van der Waals surface area contributed by atoms with E-state index < -0.39 is 0 Å². The number of carbonyl (C=O) groups is 3. The number of nitrogens with zero attached hydrogens (tertiary/aromatic N) is 1. The summed E-state index contributed by atoms with van der Waals surface area (Å²) in [5.41, 5.74) is 2.11. The number of carbonyl (C=O) groups excluding carboxylic acids is 3. The van der Waals surface area contributed by atoms with E-state index in [1.54, 1.807) is 29.2 Å². The van der Waals surface area contributed by atoms with Gasteiger partial charge < -0.3 is 10.2 Å². The fourth-order valence-corrected chi connectivity index (χ4v) is 3.97. The summed E-state index contributed by atoms with van der Waals surface area (Å²) in [6, 6.07) is 12.1. The van der Waals surface area contributed by atoms with Crippen molar-refractivity contribution in [3.8, 4) is 0 Å². The summed E-state index contributed by atoms with van der Waals surface area (Å²) in [7, 11) is 0. The van der Waals surface area contributed by atoms with Crippen molar-refractivity contribution in [1.29, 1.82) is 0 Å². The van der Waals surface area contributed by atoms with Crippen LogP contribution in [0.3, 0.4) is 0 Å². The molecule has 158 valence electrons. The molecule has 1 saturated heterocycles. The SMILES string of the molecule is Cc1ccc(C(=O)CCC(=O)N2CCC(NC(=O)c3ccc(Cl)cc3Cl)CC2)cc1. The molecule has 0 spiro atoms. The minimum Gasteiger partial charge on any atom is -0.349 e. The third kappa shape index (κ3) is 5.83. The van der Waals surface area contributed by atoms with Crippen molar-refractivity contribution in [2.75, 3.05) is 13.1 Å². The van der Waals surface area contributed by atoms with Crippen molar-refractivity contribution in [3.05, 3.63) is 69.2 Å². The molecule has 0 radical (unpaired) electrons. The Morgan fingerprint density at radius 3 is 2.30 bits per heavy atom. The molecule has 3 rings (SSSR count). The Morgan fingerprint density at radius 1 is 1.00 bits per heavy atom. The van der Waals surface area contributed by atoms with Gasteiger partial charge in [-0.1, -0.05) is 53.0 Å². The molecule has 1 aliphatic rings. The van der Waals surface area contributed by atoms with Crippen LogP contribution >= 0.6 is 23.2 Å². The summed E-state index contributed by atoms with van der Waals surface area (Å²) in [4.78, 5) is 38.9. The summed E-state index contributed by atoms with van der Waals surface area (Å²) >= 11 is 12.0. The quantitative estimate of drug-likeness (QED) is 0.654. The lowest BCUT2D eigenvalue weighted by molar-refractivity contribution is -0.132. The van der Waals surface area contributed by atoms with Gasteiger partial charge in [0.2, 0.25) is 5.91 Å². The third-order valence-electron chi connectivity index (χ3n) is 5.30. The fraction of sp³-hybridized carbons (Fsp3) is 0.348. The van der Waals surface area contributed by atoms with Gasteiger partial charge in [0.1, 0.15) is 0 Å². The van der Waals surface area contributed by atoms with Crippen LogP contribution in [0.5, 0.6) is 0 Å². The predicted octanol–water partition coefficient (Wildman–Crippen LogP) is 4.69. The van der Waals surface area contributed by atoms with E-state index >= 15 is 0 Å². The lowest BCUT2D eigenvalue weighted by Crippen LogP contribution is -2.46. The summed E-state index contributed by atoms with van der Waals surface area (Å²) in [5.74, 6) is -0.295. The van der Waals surface area contributed by atoms with Gasteiger partial charge in [-0.3, -0.25) is 14.4 Å². The largest absolute Gasteiger partial charge is 0.349 e. The van der Waals surface area contributed by atoms with Crippen LogP contribution in [0.15, 0.2) is 42.5 Å². The van der Waals surface area contributed by atoms with Crippen molar-refractivity contribution in [1.82, 2.24) is 10.2 Å². The van der Waals surface area contributed by atoms with Crippen LogP contribution < -0.4 is 5.32 Å². The van der Waals surface area contributed by atoms with Gasteiger partial charge in [0.15, 0.2) is 5.78 Å². The first-order valence-corrected chi connectivity index (χ1v) is 10.7. The predicted molar refractivity (Wildman–Crippen MR) is 118 cm³/mol. The van der Waals surface area contributed by atoms with Crippen LogP contribution in [0.25, 0.3) is 0 Å². The molecule has 0 aliphatic carbocycles. The van der Waals surface area contributed by atoms with E-state index in [0.717, 1.165) is 5.56 Å². The number of ketones is 1. The second-order valence-electron chi connectivity index (χ2n) is 7.54. The van der Waals surface area contributed by atoms with Gasteiger partial charge in [-0.05, 0) is 38.0 Å². The van der Waals surface area contributed by atoms with E-state index in [-0.39, 0.29) is 36.5 Å². The number of benzene rings is 2. The Hall–Kier alpha value is -2.37. The Balaban J connectivity index is 1.44. The number of halogens is 2. The number of nitrogens with one attached hydrogen (secondary N) is 1. The molecule has 0 saturated carbocycles. The fourth-order valence-electron chi connectivity index (χ4n) is 3.47. The van der Waals surface area contributed by atoms with Gasteiger partial charge >= 0.3 is 0 Å². The van der Waals surface area contributed by atoms with E-state index in [1.165, 1.54) is 6.07 Å². The zero-order valence-electron chi connectivity index (χ0n) is 16.8. The summed E-state index contributed by atoms with van der Waals surface area (Å²) in [6.07, 6.45) is 1.72. The molecular weight excluding hydrogens is 423 g/mol. The molecule has 1 heterocycles. The van der Waals surface area contributed by atoms with Crippen molar-refractivity contribution < 1.29 is 14.4 Å². The highest BCUT2D eigenvalue weighted by Gasteiger charge is 2.25. The van der Waals surface area contributed by atoms with E-state index in [2.05, 4.69) is 5.32 Å². The molecule has 2 amide bonds. The molecule has 1 N–H and O–H groups in total. The number of amides is 2. The first-order valence-electron chi connectivity index (χ1n) is 9.97. The van der Waals surface area contributed by atoms with Crippen LogP contribution in [-0.4, -0.2) is 41.6 Å². The molecule has 0 aromatic heterocycles. The van der Waals surface area contributed by atoms with E-state index in [1.807, 2.05) is 19.1 Å². The first kappa shape index (κ1) is 22.3. The summed E-state index contributed by atoms with van der Waals surface area (Å²) in [6.45, 7) is 3.07. The van der Waals surface area contributed by atoms with E-state index in [0.29, 0.717) is 47.1 Å². The minimum absolute atomic E-state index is 0.0228. The van der Waals surface area contributed by atoms with Crippen LogP contribution in [0.4, 0.5) is 0 Å². The van der Waals surface area contributed by atoms with Crippen LogP contribution in [0.1, 0.15) is 52.0 Å². The summed E-state index contributed by atoms with van der Waals surface area (Å²) < 4.78 is 0. The van der Waals surface area contributed by atoms with Gasteiger partial charge in [0.05, 0.1) is 10.6 Å². The van der Waals surface area contributed by atoms with Gasteiger partial charge in [-0.25, -0.2) is 0 Å². The maximum Gasteiger partial charge on any atom is 0.253 e. The average Bonchev–Trinajstić information content (AvgIpc) is 2.72. The zero-order chi connectivity index (χ0) is 21.7. The molecule has 5 nitrogen and oxygen atoms in total. The maximum atomic E-state index is 12.5. The van der Waals surface area contributed by atoms with Crippen molar-refractivity contribution in [2.45, 2.75) is 38.6 Å². The lowest BCUT2D eigenvalue weighted by atomic mass is 10.0. The van der Waals surface area contributed by atoms with Crippen molar-refractivity contribution in [3.63, 3.8) is 0 Å². The number of rotatable bonds is 6. The Labute approximate surface area is 186 Å². The Morgan fingerprint density at radius 2 is 1.67 bits per heavy atom. The normalized spacial score (nSPS) is 14.4. The highest BCUT2D eigenvalue weighted by Crippen LogP contribution is 2.22. The van der Waals surface area contributed by atoms with E-state index in [4.69, 9.17) is 23.2 Å². The number of aryl methyl sites for hydroxylation is 1. The number of Topliss-reactive ketones (excluding diaryl/α,β-unsaturated/α-hetero) is 1. The molecule has 2 aromatic rings. The number of piperidine rings is 1. The smallest absolute Gasteiger partial charge is 0.253 e. The molecule has 2 aromatic carbocycles. The van der Waals surface area contributed by atoms with Crippen LogP contribution in [0, 0.1) is 6.92 Å². The van der Waals surface area contributed by atoms with Gasteiger partial charge in [-0.2, -0.15) is 0 Å². The molecule has 1 fully saturated rings.